The van der Waals surface area contributed by atoms with Gasteiger partial charge in [0.2, 0.25) is 5.91 Å². The summed E-state index contributed by atoms with van der Waals surface area (Å²) in [6.07, 6.45) is 3.44. The number of hydrogen-bond acceptors (Lipinski definition) is 7. The number of methoxy groups -OCH3 is 1. The molecule has 3 rings (SSSR count). The zero-order chi connectivity index (χ0) is 19.1. The topological polar surface area (TPSA) is 81.9 Å². The second-order valence-electron chi connectivity index (χ2n) is 5.78. The first-order valence-electron chi connectivity index (χ1n) is 8.47. The first kappa shape index (κ1) is 19.5. The zero-order valence-electron chi connectivity index (χ0n) is 15.2. The van der Waals surface area contributed by atoms with Crippen molar-refractivity contribution < 1.29 is 9.53 Å². The largest absolute Gasteiger partial charge is 0.383 e. The van der Waals surface area contributed by atoms with Crippen LogP contribution in [0, 0.1) is 0 Å². The van der Waals surface area contributed by atoms with Crippen molar-refractivity contribution in [1.82, 2.24) is 25.1 Å². The van der Waals surface area contributed by atoms with Gasteiger partial charge < -0.3 is 10.1 Å². The fraction of sp³-hybridized carbons (Fsp3) is 0.333. The molecule has 3 aromatic rings. The normalized spacial score (nSPS) is 12.1. The maximum Gasteiger partial charge on any atom is 0.230 e. The van der Waals surface area contributed by atoms with E-state index < -0.39 is 0 Å². The summed E-state index contributed by atoms with van der Waals surface area (Å²) in [5.41, 5.74) is 0.927. The van der Waals surface area contributed by atoms with Crippen molar-refractivity contribution in [2.75, 3.05) is 19.5 Å². The molecular weight excluding hydrogens is 382 g/mol. The van der Waals surface area contributed by atoms with Crippen LogP contribution in [0.15, 0.2) is 47.2 Å². The van der Waals surface area contributed by atoms with Crippen molar-refractivity contribution >= 4 is 29.0 Å². The molecule has 0 aromatic carbocycles. The van der Waals surface area contributed by atoms with E-state index in [9.17, 15) is 4.79 Å². The van der Waals surface area contributed by atoms with Crippen LogP contribution in [0.2, 0.25) is 0 Å². The summed E-state index contributed by atoms with van der Waals surface area (Å²) in [4.78, 5) is 17.5. The summed E-state index contributed by atoms with van der Waals surface area (Å²) in [5.74, 6) is 0.980. The zero-order valence-corrected chi connectivity index (χ0v) is 16.8. The summed E-state index contributed by atoms with van der Waals surface area (Å²) in [6.45, 7) is 3.12. The SMILES string of the molecule is COCCn1c(SCC(=O)NC(C)c2cccs2)nnc1-c1ccncc1. The van der Waals surface area contributed by atoms with Gasteiger partial charge in [-0.05, 0) is 30.5 Å². The lowest BCUT2D eigenvalue weighted by Crippen LogP contribution is -2.27. The maximum atomic E-state index is 12.3. The minimum atomic E-state index is -0.0346. The number of nitrogens with zero attached hydrogens (tertiary/aromatic N) is 4. The molecular formula is C18H21N5O2S2. The Labute approximate surface area is 166 Å². The molecule has 0 aliphatic carbocycles. The number of nitrogens with one attached hydrogen (secondary N) is 1. The first-order chi connectivity index (χ1) is 13.2. The van der Waals surface area contributed by atoms with Gasteiger partial charge in [0.15, 0.2) is 11.0 Å². The molecule has 3 heterocycles. The lowest BCUT2D eigenvalue weighted by Gasteiger charge is -2.12. The number of amides is 1. The summed E-state index contributed by atoms with van der Waals surface area (Å²) in [7, 11) is 1.66. The molecule has 27 heavy (non-hydrogen) atoms. The standard InChI is InChI=1S/C18H21N5O2S2/c1-13(15-4-3-11-26-15)20-16(24)12-27-18-22-21-17(23(18)9-10-25-2)14-5-7-19-8-6-14/h3-8,11,13H,9-10,12H2,1-2H3,(H,20,24). The van der Waals surface area contributed by atoms with Crippen molar-refractivity contribution in [3.8, 4) is 11.4 Å². The van der Waals surface area contributed by atoms with Crippen LogP contribution < -0.4 is 5.32 Å². The summed E-state index contributed by atoms with van der Waals surface area (Å²) in [6, 6.07) is 7.77. The van der Waals surface area contributed by atoms with E-state index in [0.29, 0.717) is 18.3 Å². The predicted octanol–water partition coefficient (Wildman–Crippen LogP) is 3.02. The molecule has 3 aromatic heterocycles. The lowest BCUT2D eigenvalue weighted by molar-refractivity contribution is -0.119. The molecule has 1 unspecified atom stereocenters. The Hall–Kier alpha value is -2.23. The van der Waals surface area contributed by atoms with Crippen LogP contribution in [-0.4, -0.2) is 45.1 Å². The molecule has 142 valence electrons. The molecule has 0 radical (unpaired) electrons. The monoisotopic (exact) mass is 403 g/mol. The quantitative estimate of drug-likeness (QED) is 0.553. The summed E-state index contributed by atoms with van der Waals surface area (Å²) >= 11 is 3.00. The summed E-state index contributed by atoms with van der Waals surface area (Å²) < 4.78 is 7.18. The molecule has 0 spiro atoms. The van der Waals surface area contributed by atoms with E-state index in [-0.39, 0.29) is 17.7 Å². The third-order valence-electron chi connectivity index (χ3n) is 3.85. The molecule has 7 nitrogen and oxygen atoms in total. The predicted molar refractivity (Wildman–Crippen MR) is 107 cm³/mol. The molecule has 9 heteroatoms. The number of aromatic nitrogens is 4. The van der Waals surface area contributed by atoms with Crippen LogP contribution in [-0.2, 0) is 16.1 Å². The van der Waals surface area contributed by atoms with Gasteiger partial charge in [-0.3, -0.25) is 14.3 Å². The number of carbonyl (C=O) groups excluding carboxylic acids is 1. The third-order valence-corrected chi connectivity index (χ3v) is 5.88. The number of thioether (sulfide) groups is 1. The van der Waals surface area contributed by atoms with Crippen LogP contribution in [0.1, 0.15) is 17.8 Å². The molecule has 1 amide bonds. The second kappa shape index (κ2) is 9.63. The van der Waals surface area contributed by atoms with Crippen LogP contribution in [0.3, 0.4) is 0 Å². The molecule has 0 saturated heterocycles. The maximum absolute atomic E-state index is 12.3. The number of ether oxygens (including phenoxy) is 1. The van der Waals surface area contributed by atoms with Gasteiger partial charge in [-0.15, -0.1) is 21.5 Å². The van der Waals surface area contributed by atoms with Crippen LogP contribution in [0.25, 0.3) is 11.4 Å². The van der Waals surface area contributed by atoms with Gasteiger partial charge in [0.1, 0.15) is 0 Å². The third kappa shape index (κ3) is 5.15. The molecule has 0 fully saturated rings. The van der Waals surface area contributed by atoms with E-state index in [1.54, 1.807) is 30.8 Å². The molecule has 1 atom stereocenters. The van der Waals surface area contributed by atoms with Crippen LogP contribution in [0.4, 0.5) is 0 Å². The highest BCUT2D eigenvalue weighted by Gasteiger charge is 2.16. The van der Waals surface area contributed by atoms with E-state index in [1.165, 1.54) is 11.8 Å². The van der Waals surface area contributed by atoms with Gasteiger partial charge in [0, 0.05) is 29.9 Å². The Morgan fingerprint density at radius 3 is 2.85 bits per heavy atom. The van der Waals surface area contributed by atoms with Crippen molar-refractivity contribution in [3.05, 3.63) is 46.9 Å². The van der Waals surface area contributed by atoms with E-state index in [1.807, 2.05) is 41.1 Å². The number of hydrogen-bond donors (Lipinski definition) is 1. The Morgan fingerprint density at radius 1 is 1.33 bits per heavy atom. The number of rotatable bonds is 9. The Morgan fingerprint density at radius 2 is 2.15 bits per heavy atom. The highest BCUT2D eigenvalue weighted by Crippen LogP contribution is 2.24. The Kier molecular flexibility index (Phi) is 6.97. The molecule has 0 aliphatic rings. The Balaban J connectivity index is 1.67. The molecule has 0 bridgehead atoms. The minimum Gasteiger partial charge on any atom is -0.383 e. The minimum absolute atomic E-state index is 0.00292. The number of carbonyl (C=O) groups is 1. The molecule has 1 N–H and O–H groups in total. The van der Waals surface area contributed by atoms with Crippen molar-refractivity contribution in [1.29, 1.82) is 0 Å². The highest BCUT2D eigenvalue weighted by molar-refractivity contribution is 7.99. The number of thiophene rings is 1. The smallest absolute Gasteiger partial charge is 0.230 e. The Bertz CT molecular complexity index is 852. The van der Waals surface area contributed by atoms with Gasteiger partial charge >= 0.3 is 0 Å². The van der Waals surface area contributed by atoms with E-state index in [4.69, 9.17) is 4.74 Å². The van der Waals surface area contributed by atoms with Crippen LogP contribution in [0.5, 0.6) is 0 Å². The second-order valence-corrected chi connectivity index (χ2v) is 7.70. The van der Waals surface area contributed by atoms with Gasteiger partial charge in [-0.1, -0.05) is 17.8 Å². The van der Waals surface area contributed by atoms with E-state index in [2.05, 4.69) is 20.5 Å². The van der Waals surface area contributed by atoms with Crippen LogP contribution >= 0.6 is 23.1 Å². The van der Waals surface area contributed by atoms with Crippen molar-refractivity contribution in [3.63, 3.8) is 0 Å². The summed E-state index contributed by atoms with van der Waals surface area (Å²) in [5, 5.41) is 14.3. The fourth-order valence-electron chi connectivity index (χ4n) is 2.52. The average molecular weight is 404 g/mol. The van der Waals surface area contributed by atoms with Gasteiger partial charge in [0.25, 0.3) is 0 Å². The van der Waals surface area contributed by atoms with Gasteiger partial charge in [-0.25, -0.2) is 0 Å². The highest BCUT2D eigenvalue weighted by atomic mass is 32.2. The molecule has 0 saturated carbocycles. The fourth-order valence-corrected chi connectivity index (χ4v) is 4.03. The van der Waals surface area contributed by atoms with E-state index >= 15 is 0 Å². The van der Waals surface area contributed by atoms with Crippen molar-refractivity contribution in [2.24, 2.45) is 0 Å². The molecule has 0 aliphatic heterocycles. The number of pyridine rings is 1. The first-order valence-corrected chi connectivity index (χ1v) is 10.3. The van der Waals surface area contributed by atoms with Gasteiger partial charge in [-0.2, -0.15) is 0 Å². The van der Waals surface area contributed by atoms with E-state index in [0.717, 1.165) is 16.3 Å². The van der Waals surface area contributed by atoms with Gasteiger partial charge in [0.05, 0.1) is 24.9 Å². The lowest BCUT2D eigenvalue weighted by atomic mass is 10.2. The average Bonchev–Trinajstić information content (AvgIpc) is 3.35. The van der Waals surface area contributed by atoms with Crippen molar-refractivity contribution in [2.45, 2.75) is 24.7 Å².